The minimum absolute atomic E-state index is 0.000987. The van der Waals surface area contributed by atoms with E-state index in [0.717, 1.165) is 12.1 Å². The van der Waals surface area contributed by atoms with Crippen LogP contribution in [0.15, 0.2) is 30.5 Å². The lowest BCUT2D eigenvalue weighted by Gasteiger charge is -2.12. The van der Waals surface area contributed by atoms with Crippen molar-refractivity contribution in [2.45, 2.75) is 38.8 Å². The molecule has 8 heteroatoms. The van der Waals surface area contributed by atoms with E-state index in [4.69, 9.17) is 4.74 Å². The van der Waals surface area contributed by atoms with Gasteiger partial charge in [0, 0.05) is 5.56 Å². The van der Waals surface area contributed by atoms with Crippen molar-refractivity contribution in [1.82, 2.24) is 15.0 Å². The molecule has 0 fully saturated rings. The predicted octanol–water partition coefficient (Wildman–Crippen LogP) is 2.75. The quantitative estimate of drug-likeness (QED) is 0.885. The molecule has 0 spiro atoms. The van der Waals surface area contributed by atoms with E-state index >= 15 is 0 Å². The second kappa shape index (κ2) is 7.10. The highest BCUT2D eigenvalue weighted by atomic mass is 19.4. The van der Waals surface area contributed by atoms with Crippen molar-refractivity contribution in [3.05, 3.63) is 36.0 Å². The van der Waals surface area contributed by atoms with Gasteiger partial charge in [-0.05, 0) is 26.0 Å². The molecule has 0 saturated carbocycles. The fraction of sp³-hybridized carbons (Fsp3) is 0.467. The third kappa shape index (κ3) is 5.04. The first-order chi connectivity index (χ1) is 10.8. The van der Waals surface area contributed by atoms with E-state index in [1.807, 2.05) is 13.8 Å². The second-order valence-corrected chi connectivity index (χ2v) is 5.44. The summed E-state index contributed by atoms with van der Waals surface area (Å²) in [4.78, 5) is 0. The van der Waals surface area contributed by atoms with Crippen molar-refractivity contribution in [1.29, 1.82) is 0 Å². The van der Waals surface area contributed by atoms with Crippen LogP contribution in [0.4, 0.5) is 13.2 Å². The van der Waals surface area contributed by atoms with E-state index in [9.17, 15) is 18.3 Å². The molecule has 23 heavy (non-hydrogen) atoms. The maximum Gasteiger partial charge on any atom is 0.416 e. The highest BCUT2D eigenvalue weighted by Crippen LogP contribution is 2.31. The lowest BCUT2D eigenvalue weighted by atomic mass is 10.1. The largest absolute Gasteiger partial charge is 0.416 e. The molecule has 0 saturated heterocycles. The van der Waals surface area contributed by atoms with Crippen molar-refractivity contribution in [2.24, 2.45) is 0 Å². The first-order valence-corrected chi connectivity index (χ1v) is 7.13. The molecular formula is C15H18F3N3O2. The van der Waals surface area contributed by atoms with E-state index in [1.165, 1.54) is 23.0 Å². The SMILES string of the molecule is CC(C)OC[C@H](O)Cn1cc(-c2cccc(C(F)(F)F)c2)nn1. The first kappa shape index (κ1) is 17.4. The zero-order valence-electron chi connectivity index (χ0n) is 12.8. The molecule has 126 valence electrons. The summed E-state index contributed by atoms with van der Waals surface area (Å²) in [5.41, 5.74) is -0.109. The number of aromatic nitrogens is 3. The number of alkyl halides is 3. The van der Waals surface area contributed by atoms with Crippen LogP contribution < -0.4 is 0 Å². The maximum absolute atomic E-state index is 12.7. The molecule has 0 aliphatic carbocycles. The summed E-state index contributed by atoms with van der Waals surface area (Å²) in [5, 5.41) is 17.5. The minimum atomic E-state index is -4.41. The summed E-state index contributed by atoms with van der Waals surface area (Å²) in [6.07, 6.45) is -3.68. The monoisotopic (exact) mass is 329 g/mol. The summed E-state index contributed by atoms with van der Waals surface area (Å²) in [5.74, 6) is 0. The summed E-state index contributed by atoms with van der Waals surface area (Å²) in [7, 11) is 0. The Bertz CT molecular complexity index is 641. The van der Waals surface area contributed by atoms with Crippen LogP contribution in [0, 0.1) is 0 Å². The Morgan fingerprint density at radius 3 is 2.70 bits per heavy atom. The van der Waals surface area contributed by atoms with Gasteiger partial charge in [-0.2, -0.15) is 13.2 Å². The molecule has 1 atom stereocenters. The van der Waals surface area contributed by atoms with Crippen molar-refractivity contribution in [3.8, 4) is 11.3 Å². The molecule has 5 nitrogen and oxygen atoms in total. The molecule has 1 heterocycles. The lowest BCUT2D eigenvalue weighted by Crippen LogP contribution is -2.24. The van der Waals surface area contributed by atoms with Crippen molar-refractivity contribution in [3.63, 3.8) is 0 Å². The van der Waals surface area contributed by atoms with Gasteiger partial charge in [0.25, 0.3) is 0 Å². The van der Waals surface area contributed by atoms with Gasteiger partial charge in [-0.1, -0.05) is 17.3 Å². The van der Waals surface area contributed by atoms with Crippen LogP contribution in [0.1, 0.15) is 19.4 Å². The van der Waals surface area contributed by atoms with E-state index in [0.29, 0.717) is 11.3 Å². The van der Waals surface area contributed by atoms with E-state index < -0.39 is 17.8 Å². The topological polar surface area (TPSA) is 60.2 Å². The van der Waals surface area contributed by atoms with Gasteiger partial charge in [-0.3, -0.25) is 0 Å². The molecule has 1 aromatic heterocycles. The smallest absolute Gasteiger partial charge is 0.389 e. The van der Waals surface area contributed by atoms with Crippen molar-refractivity contribution in [2.75, 3.05) is 6.61 Å². The van der Waals surface area contributed by atoms with Gasteiger partial charge in [-0.15, -0.1) is 5.10 Å². The number of halogens is 3. The molecule has 0 bridgehead atoms. The van der Waals surface area contributed by atoms with Crippen LogP contribution in [0.2, 0.25) is 0 Å². The lowest BCUT2D eigenvalue weighted by molar-refractivity contribution is -0.137. The summed E-state index contributed by atoms with van der Waals surface area (Å²) >= 11 is 0. The van der Waals surface area contributed by atoms with E-state index in [2.05, 4.69) is 10.3 Å². The molecular weight excluding hydrogens is 311 g/mol. The molecule has 0 radical (unpaired) electrons. The first-order valence-electron chi connectivity index (χ1n) is 7.13. The number of benzene rings is 1. The van der Waals surface area contributed by atoms with Crippen molar-refractivity contribution < 1.29 is 23.0 Å². The highest BCUT2D eigenvalue weighted by Gasteiger charge is 2.30. The predicted molar refractivity (Wildman–Crippen MR) is 77.6 cm³/mol. The van der Waals surface area contributed by atoms with Gasteiger partial charge in [0.1, 0.15) is 5.69 Å². The molecule has 0 aliphatic heterocycles. The Morgan fingerprint density at radius 1 is 1.30 bits per heavy atom. The number of nitrogens with zero attached hydrogens (tertiary/aromatic N) is 3. The molecule has 1 N–H and O–H groups in total. The highest BCUT2D eigenvalue weighted by molar-refractivity contribution is 5.58. The Kier molecular flexibility index (Phi) is 5.38. The van der Waals surface area contributed by atoms with Crippen LogP contribution in [0.25, 0.3) is 11.3 Å². The molecule has 0 aliphatic rings. The zero-order chi connectivity index (χ0) is 17.0. The summed E-state index contributed by atoms with van der Waals surface area (Å²) in [6, 6.07) is 4.87. The van der Waals surface area contributed by atoms with Crippen LogP contribution in [0.3, 0.4) is 0 Å². The number of ether oxygens (including phenoxy) is 1. The number of hydrogen-bond donors (Lipinski definition) is 1. The van der Waals surface area contributed by atoms with Gasteiger partial charge in [0.15, 0.2) is 0 Å². The third-order valence-corrected chi connectivity index (χ3v) is 3.04. The Hall–Kier alpha value is -1.93. The molecule has 0 unspecified atom stereocenters. The number of aliphatic hydroxyl groups excluding tert-OH is 1. The standard InChI is InChI=1S/C15H18F3N3O2/c1-10(2)23-9-13(22)7-21-8-14(19-20-21)11-4-3-5-12(6-11)15(16,17)18/h3-6,8,10,13,22H,7,9H2,1-2H3/t13-/m1/s1. The second-order valence-electron chi connectivity index (χ2n) is 5.44. The van der Waals surface area contributed by atoms with E-state index in [1.54, 1.807) is 0 Å². The molecule has 1 aromatic carbocycles. The Morgan fingerprint density at radius 2 is 2.04 bits per heavy atom. The van der Waals surface area contributed by atoms with Gasteiger partial charge >= 0.3 is 6.18 Å². The average molecular weight is 329 g/mol. The number of rotatable bonds is 6. The van der Waals surface area contributed by atoms with Crippen LogP contribution in [-0.4, -0.2) is 38.9 Å². The Labute approximate surface area is 131 Å². The van der Waals surface area contributed by atoms with Crippen LogP contribution >= 0.6 is 0 Å². The maximum atomic E-state index is 12.7. The van der Waals surface area contributed by atoms with Gasteiger partial charge in [0.2, 0.25) is 0 Å². The van der Waals surface area contributed by atoms with Crippen LogP contribution in [-0.2, 0) is 17.5 Å². The van der Waals surface area contributed by atoms with Crippen molar-refractivity contribution >= 4 is 0 Å². The number of hydrogen-bond acceptors (Lipinski definition) is 4. The van der Waals surface area contributed by atoms with E-state index in [-0.39, 0.29) is 19.3 Å². The molecule has 0 amide bonds. The zero-order valence-corrected chi connectivity index (χ0v) is 12.8. The summed E-state index contributed by atoms with van der Waals surface area (Å²) < 4.78 is 44.8. The van der Waals surface area contributed by atoms with Crippen LogP contribution in [0.5, 0.6) is 0 Å². The molecule has 2 aromatic rings. The molecule has 2 rings (SSSR count). The number of aliphatic hydroxyl groups is 1. The van der Waals surface area contributed by atoms with Gasteiger partial charge < -0.3 is 9.84 Å². The normalized spacial score (nSPS) is 13.5. The summed E-state index contributed by atoms with van der Waals surface area (Å²) in [6.45, 7) is 4.01. The van der Waals surface area contributed by atoms with Gasteiger partial charge in [0.05, 0.1) is 37.1 Å². The fourth-order valence-corrected chi connectivity index (χ4v) is 1.95. The average Bonchev–Trinajstić information content (AvgIpc) is 2.93. The fourth-order valence-electron chi connectivity index (χ4n) is 1.95. The third-order valence-electron chi connectivity index (χ3n) is 3.04. The minimum Gasteiger partial charge on any atom is -0.389 e. The van der Waals surface area contributed by atoms with Gasteiger partial charge in [-0.25, -0.2) is 4.68 Å². The Balaban J connectivity index is 2.07.